The lowest BCUT2D eigenvalue weighted by Gasteiger charge is -2.40. The van der Waals surface area contributed by atoms with Gasteiger partial charge in [-0.1, -0.05) is 30.3 Å². The first-order chi connectivity index (χ1) is 12.0. The molecule has 1 fully saturated rings. The van der Waals surface area contributed by atoms with E-state index in [1.54, 1.807) is 0 Å². The van der Waals surface area contributed by atoms with E-state index in [1.165, 1.54) is 0 Å². The van der Waals surface area contributed by atoms with Crippen LogP contribution in [0.2, 0.25) is 0 Å². The smallest absolute Gasteiger partial charge is 0.315 e. The molecule has 2 rings (SSSR count). The van der Waals surface area contributed by atoms with E-state index in [0.29, 0.717) is 13.1 Å². The third kappa shape index (κ3) is 6.72. The summed E-state index contributed by atoms with van der Waals surface area (Å²) < 4.78 is 5.36. The monoisotopic (exact) mass is 348 g/mol. The highest BCUT2D eigenvalue weighted by Gasteiger charge is 2.28. The third-order valence-corrected chi connectivity index (χ3v) is 4.29. The van der Waals surface area contributed by atoms with Crippen molar-refractivity contribution in [3.05, 3.63) is 35.9 Å². The van der Waals surface area contributed by atoms with Gasteiger partial charge in [-0.3, -0.25) is 9.69 Å². The summed E-state index contributed by atoms with van der Waals surface area (Å²) in [6.07, 6.45) is 0. The lowest BCUT2D eigenvalue weighted by Crippen LogP contribution is -2.56. The number of urea groups is 1. The minimum Gasteiger partial charge on any atom is -0.379 e. The molecule has 0 atom stereocenters. The Morgan fingerprint density at radius 3 is 2.44 bits per heavy atom. The van der Waals surface area contributed by atoms with Crippen LogP contribution in [0.4, 0.5) is 4.79 Å². The molecule has 7 heteroatoms. The highest BCUT2D eigenvalue weighted by Crippen LogP contribution is 2.14. The van der Waals surface area contributed by atoms with Gasteiger partial charge in [-0.05, 0) is 19.4 Å². The quantitative estimate of drug-likeness (QED) is 0.678. The minimum atomic E-state index is -0.355. The van der Waals surface area contributed by atoms with Crippen LogP contribution in [0.25, 0.3) is 0 Å². The maximum atomic E-state index is 12.0. The van der Waals surface area contributed by atoms with Gasteiger partial charge in [0.15, 0.2) is 0 Å². The number of hydrogen-bond donors (Lipinski definition) is 3. The van der Waals surface area contributed by atoms with Gasteiger partial charge < -0.3 is 20.7 Å². The van der Waals surface area contributed by atoms with Crippen LogP contribution in [0.1, 0.15) is 19.4 Å². The zero-order chi connectivity index (χ0) is 18.1. The van der Waals surface area contributed by atoms with E-state index in [4.69, 9.17) is 4.74 Å². The largest absolute Gasteiger partial charge is 0.379 e. The van der Waals surface area contributed by atoms with Crippen molar-refractivity contribution in [3.63, 3.8) is 0 Å². The van der Waals surface area contributed by atoms with Crippen molar-refractivity contribution >= 4 is 11.9 Å². The average molecular weight is 348 g/mol. The van der Waals surface area contributed by atoms with Gasteiger partial charge in [0.1, 0.15) is 0 Å². The molecular weight excluding hydrogens is 320 g/mol. The van der Waals surface area contributed by atoms with Gasteiger partial charge in [-0.2, -0.15) is 0 Å². The normalized spacial score (nSPS) is 15.4. The predicted molar refractivity (Wildman–Crippen MR) is 96.2 cm³/mol. The second-order valence-electron chi connectivity index (χ2n) is 6.71. The Balaban J connectivity index is 1.63. The minimum absolute atomic E-state index is 0.0419. The molecule has 1 aromatic rings. The fourth-order valence-electron chi connectivity index (χ4n) is 2.66. The van der Waals surface area contributed by atoms with E-state index in [-0.39, 0.29) is 24.0 Å². The lowest BCUT2D eigenvalue weighted by atomic mass is 10.0. The van der Waals surface area contributed by atoms with E-state index >= 15 is 0 Å². The molecule has 0 unspecified atom stereocenters. The number of ether oxygens (including phenoxy) is 1. The summed E-state index contributed by atoms with van der Waals surface area (Å²) in [6.45, 7) is 8.28. The molecule has 7 nitrogen and oxygen atoms in total. The van der Waals surface area contributed by atoms with E-state index in [0.717, 1.165) is 31.9 Å². The topological polar surface area (TPSA) is 82.7 Å². The molecule has 3 amide bonds. The van der Waals surface area contributed by atoms with E-state index < -0.39 is 0 Å². The van der Waals surface area contributed by atoms with Crippen molar-refractivity contribution in [2.75, 3.05) is 39.4 Å². The van der Waals surface area contributed by atoms with Gasteiger partial charge in [0.25, 0.3) is 0 Å². The van der Waals surface area contributed by atoms with E-state index in [9.17, 15) is 9.59 Å². The second-order valence-corrected chi connectivity index (χ2v) is 6.71. The fraction of sp³-hybridized carbons (Fsp3) is 0.556. The van der Waals surface area contributed by atoms with E-state index in [1.807, 2.05) is 30.3 Å². The number of nitrogens with zero attached hydrogens (tertiary/aromatic N) is 1. The Labute approximate surface area is 149 Å². The average Bonchev–Trinajstić information content (AvgIpc) is 2.64. The molecule has 1 saturated heterocycles. The molecule has 1 heterocycles. The molecule has 1 aromatic carbocycles. The molecular formula is C18H28N4O3. The Morgan fingerprint density at radius 1 is 1.08 bits per heavy atom. The number of carbonyl (C=O) groups is 2. The molecule has 3 N–H and O–H groups in total. The van der Waals surface area contributed by atoms with Crippen LogP contribution in [0.15, 0.2) is 30.3 Å². The predicted octanol–water partition coefficient (Wildman–Crippen LogP) is 0.713. The fourth-order valence-corrected chi connectivity index (χ4v) is 2.66. The first-order valence-electron chi connectivity index (χ1n) is 8.62. The van der Waals surface area contributed by atoms with Gasteiger partial charge in [0.2, 0.25) is 5.91 Å². The van der Waals surface area contributed by atoms with Crippen molar-refractivity contribution in [3.8, 4) is 0 Å². The Morgan fingerprint density at radius 2 is 1.76 bits per heavy atom. The van der Waals surface area contributed by atoms with Crippen LogP contribution in [0.3, 0.4) is 0 Å². The maximum absolute atomic E-state index is 12.0. The summed E-state index contributed by atoms with van der Waals surface area (Å²) in [5.74, 6) is -0.198. The molecule has 0 spiro atoms. The Kier molecular flexibility index (Phi) is 7.21. The molecule has 0 saturated carbocycles. The van der Waals surface area contributed by atoms with Gasteiger partial charge in [0, 0.05) is 31.7 Å². The summed E-state index contributed by atoms with van der Waals surface area (Å²) in [5, 5.41) is 8.18. The number of morpholine rings is 1. The number of nitrogens with one attached hydrogen (secondary N) is 3. The summed E-state index contributed by atoms with van der Waals surface area (Å²) in [4.78, 5) is 26.0. The van der Waals surface area contributed by atoms with Gasteiger partial charge in [0.05, 0.1) is 19.8 Å². The van der Waals surface area contributed by atoms with E-state index in [2.05, 4.69) is 34.7 Å². The molecule has 0 aromatic heterocycles. The molecule has 1 aliphatic heterocycles. The second kappa shape index (κ2) is 9.39. The lowest BCUT2D eigenvalue weighted by molar-refractivity contribution is -0.120. The molecule has 138 valence electrons. The number of hydrogen-bond acceptors (Lipinski definition) is 4. The van der Waals surface area contributed by atoms with Crippen LogP contribution >= 0.6 is 0 Å². The summed E-state index contributed by atoms with van der Waals surface area (Å²) in [6, 6.07) is 9.26. The number of rotatable bonds is 7. The maximum Gasteiger partial charge on any atom is 0.315 e. The summed E-state index contributed by atoms with van der Waals surface area (Å²) in [7, 11) is 0. The zero-order valence-electron chi connectivity index (χ0n) is 15.0. The number of carbonyl (C=O) groups excluding carboxylic acids is 2. The van der Waals surface area contributed by atoms with Crippen molar-refractivity contribution in [1.29, 1.82) is 0 Å². The SMILES string of the molecule is CC(C)(CNC(=O)CNC(=O)NCc1ccccc1)N1CCOCC1. The van der Waals surface area contributed by atoms with Gasteiger partial charge in [-0.15, -0.1) is 0 Å². The standard InChI is InChI=1S/C18H28N4O3/c1-18(2,22-8-10-25-11-9-22)14-21-16(23)13-20-17(24)19-12-15-6-4-3-5-7-15/h3-7H,8-14H2,1-2H3,(H,21,23)(H2,19,20,24). The first kappa shape index (κ1) is 19.2. The number of benzene rings is 1. The highest BCUT2D eigenvalue weighted by atomic mass is 16.5. The van der Waals surface area contributed by atoms with Gasteiger partial charge in [-0.25, -0.2) is 4.79 Å². The number of amides is 3. The molecule has 25 heavy (non-hydrogen) atoms. The molecule has 1 aliphatic rings. The Hall–Kier alpha value is -2.12. The molecule has 0 radical (unpaired) electrons. The van der Waals surface area contributed by atoms with Crippen molar-refractivity contribution in [2.24, 2.45) is 0 Å². The first-order valence-corrected chi connectivity index (χ1v) is 8.62. The van der Waals surface area contributed by atoms with Crippen LogP contribution in [-0.4, -0.2) is 61.8 Å². The third-order valence-electron chi connectivity index (χ3n) is 4.29. The highest BCUT2D eigenvalue weighted by molar-refractivity contribution is 5.83. The van der Waals surface area contributed by atoms with Crippen LogP contribution in [-0.2, 0) is 16.1 Å². The zero-order valence-corrected chi connectivity index (χ0v) is 15.0. The van der Waals surface area contributed by atoms with Crippen molar-refractivity contribution < 1.29 is 14.3 Å². The molecule has 0 aliphatic carbocycles. The van der Waals surface area contributed by atoms with Crippen molar-refractivity contribution in [2.45, 2.75) is 25.9 Å². The van der Waals surface area contributed by atoms with Crippen LogP contribution < -0.4 is 16.0 Å². The van der Waals surface area contributed by atoms with Crippen molar-refractivity contribution in [1.82, 2.24) is 20.9 Å². The summed E-state index contributed by atoms with van der Waals surface area (Å²) in [5.41, 5.74) is 0.865. The van der Waals surface area contributed by atoms with Gasteiger partial charge >= 0.3 is 6.03 Å². The van der Waals surface area contributed by atoms with Crippen LogP contribution in [0, 0.1) is 0 Å². The molecule has 0 bridgehead atoms. The Bertz CT molecular complexity index is 557. The van der Waals surface area contributed by atoms with Crippen LogP contribution in [0.5, 0.6) is 0 Å². The summed E-state index contributed by atoms with van der Waals surface area (Å²) >= 11 is 0.